The summed E-state index contributed by atoms with van der Waals surface area (Å²) in [5.74, 6) is 0.238. The van der Waals surface area contributed by atoms with Gasteiger partial charge in [-0.15, -0.1) is 11.3 Å². The zero-order valence-electron chi connectivity index (χ0n) is 12.9. The normalized spacial score (nSPS) is 10.2. The minimum absolute atomic E-state index is 0.195. The highest BCUT2D eigenvalue weighted by Crippen LogP contribution is 2.36. The number of halogens is 1. The third kappa shape index (κ3) is 3.34. The van der Waals surface area contributed by atoms with Gasteiger partial charge in [0, 0.05) is 16.2 Å². The van der Waals surface area contributed by atoms with E-state index in [1.54, 1.807) is 18.2 Å². The van der Waals surface area contributed by atoms with E-state index in [0.29, 0.717) is 27.5 Å². The summed E-state index contributed by atoms with van der Waals surface area (Å²) in [7, 11) is 0. The summed E-state index contributed by atoms with van der Waals surface area (Å²) in [5, 5.41) is 21.5. The molecule has 0 aliphatic carbocycles. The van der Waals surface area contributed by atoms with Gasteiger partial charge in [0.1, 0.15) is 23.5 Å². The number of anilines is 1. The molecule has 3 aromatic rings. The Morgan fingerprint density at radius 1 is 1.12 bits per heavy atom. The molecule has 0 unspecified atom stereocenters. The number of aromatic nitrogens is 1. The number of rotatable bonds is 4. The number of nitrogens with one attached hydrogen (secondary N) is 1. The largest absolute Gasteiger partial charge is 0.289 e. The molecule has 0 spiro atoms. The lowest BCUT2D eigenvalue weighted by Gasteiger charge is -2.09. The maximum atomic E-state index is 13.8. The number of hydrogen-bond acceptors (Lipinski definition) is 5. The second-order valence-corrected chi connectivity index (χ2v) is 7.01. The van der Waals surface area contributed by atoms with E-state index >= 15 is 0 Å². The third-order valence-electron chi connectivity index (χ3n) is 3.57. The Bertz CT molecular complexity index is 1000. The predicted molar refractivity (Wildman–Crippen MR) is 96.1 cm³/mol. The van der Waals surface area contributed by atoms with Crippen LogP contribution in [0.2, 0.25) is 0 Å². The topological polar surface area (TPSA) is 87.7 Å². The van der Waals surface area contributed by atoms with Crippen LogP contribution in [-0.2, 0) is 5.75 Å². The fourth-order valence-electron chi connectivity index (χ4n) is 2.38. The van der Waals surface area contributed by atoms with Gasteiger partial charge in [-0.2, -0.15) is 10.5 Å². The zero-order chi connectivity index (χ0) is 17.8. The van der Waals surface area contributed by atoms with Gasteiger partial charge in [0.15, 0.2) is 10.6 Å². The molecular formula is C18H12FN4S2+. The molecule has 0 bridgehead atoms. The van der Waals surface area contributed by atoms with Gasteiger partial charge in [-0.1, -0.05) is 36.0 Å². The van der Waals surface area contributed by atoms with E-state index in [9.17, 15) is 14.9 Å². The molecule has 25 heavy (non-hydrogen) atoms. The van der Waals surface area contributed by atoms with Crippen molar-refractivity contribution in [2.75, 3.05) is 5.73 Å². The van der Waals surface area contributed by atoms with Crippen molar-refractivity contribution in [1.29, 1.82) is 10.5 Å². The number of pyridine rings is 1. The van der Waals surface area contributed by atoms with Crippen LogP contribution in [0.25, 0.3) is 10.4 Å². The average Bonchev–Trinajstić information content (AvgIpc) is 3.14. The van der Waals surface area contributed by atoms with Crippen LogP contribution in [0.15, 0.2) is 46.8 Å². The molecule has 122 valence electrons. The van der Waals surface area contributed by atoms with Crippen molar-refractivity contribution in [3.63, 3.8) is 0 Å². The summed E-state index contributed by atoms with van der Waals surface area (Å²) in [5.41, 5.74) is 7.63. The first kappa shape index (κ1) is 17.0. The van der Waals surface area contributed by atoms with Crippen LogP contribution in [0.5, 0.6) is 0 Å². The second kappa shape index (κ2) is 7.35. The quantitative estimate of drug-likeness (QED) is 0.706. The van der Waals surface area contributed by atoms with Gasteiger partial charge in [0.25, 0.3) is 5.82 Å². The number of nitrogen functional groups attached to an aromatic ring is 1. The fraction of sp³-hybridized carbons (Fsp3) is 0.0556. The van der Waals surface area contributed by atoms with Gasteiger partial charge in [-0.05, 0) is 23.1 Å². The third-order valence-corrected chi connectivity index (χ3v) is 5.50. The number of H-pyrrole nitrogens is 1. The Morgan fingerprint density at radius 3 is 2.52 bits per heavy atom. The monoisotopic (exact) mass is 367 g/mol. The fourth-order valence-corrected chi connectivity index (χ4v) is 4.18. The smallest absolute Gasteiger partial charge is 0.286 e. The Labute approximate surface area is 152 Å². The number of thioether (sulfide) groups is 1. The van der Waals surface area contributed by atoms with E-state index in [1.807, 2.05) is 17.5 Å². The van der Waals surface area contributed by atoms with Gasteiger partial charge in [0.2, 0.25) is 0 Å². The van der Waals surface area contributed by atoms with Gasteiger partial charge in [-0.3, -0.25) is 5.73 Å². The molecule has 0 atom stereocenters. The van der Waals surface area contributed by atoms with Crippen molar-refractivity contribution in [3.05, 3.63) is 64.3 Å². The van der Waals surface area contributed by atoms with Gasteiger partial charge in [0.05, 0.1) is 0 Å². The van der Waals surface area contributed by atoms with Crippen LogP contribution in [0, 0.1) is 28.5 Å². The van der Waals surface area contributed by atoms with Crippen molar-refractivity contribution in [3.8, 4) is 22.6 Å². The molecule has 0 fully saturated rings. The molecule has 0 saturated carbocycles. The summed E-state index contributed by atoms with van der Waals surface area (Å²) < 4.78 is 13.8. The molecule has 0 aliphatic heterocycles. The molecular weight excluding hydrogens is 355 g/mol. The lowest BCUT2D eigenvalue weighted by Crippen LogP contribution is -2.18. The molecule has 3 rings (SSSR count). The van der Waals surface area contributed by atoms with Gasteiger partial charge >= 0.3 is 0 Å². The highest BCUT2D eigenvalue weighted by molar-refractivity contribution is 7.98. The maximum absolute atomic E-state index is 13.8. The minimum Gasteiger partial charge on any atom is -0.286 e. The van der Waals surface area contributed by atoms with Crippen molar-refractivity contribution >= 4 is 28.9 Å². The first-order valence-corrected chi connectivity index (χ1v) is 9.11. The predicted octanol–water partition coefficient (Wildman–Crippen LogP) is 3.99. The van der Waals surface area contributed by atoms with E-state index in [-0.39, 0.29) is 17.2 Å². The van der Waals surface area contributed by atoms with Crippen molar-refractivity contribution in [1.82, 2.24) is 0 Å². The minimum atomic E-state index is -0.298. The molecule has 4 nitrogen and oxygen atoms in total. The first-order chi connectivity index (χ1) is 12.2. The van der Waals surface area contributed by atoms with Crippen molar-refractivity contribution < 1.29 is 9.37 Å². The van der Waals surface area contributed by atoms with Crippen LogP contribution in [0.1, 0.15) is 16.7 Å². The van der Waals surface area contributed by atoms with E-state index < -0.39 is 0 Å². The van der Waals surface area contributed by atoms with Crippen LogP contribution in [0.4, 0.5) is 10.2 Å². The number of benzene rings is 1. The molecule has 0 amide bonds. The van der Waals surface area contributed by atoms with E-state index in [1.165, 1.54) is 29.2 Å². The summed E-state index contributed by atoms with van der Waals surface area (Å²) in [6, 6.07) is 14.4. The highest BCUT2D eigenvalue weighted by Gasteiger charge is 2.24. The molecule has 0 saturated heterocycles. The lowest BCUT2D eigenvalue weighted by molar-refractivity contribution is -0.410. The molecule has 2 heterocycles. The Hall–Kier alpha value is -2.87. The van der Waals surface area contributed by atoms with E-state index in [0.717, 1.165) is 4.88 Å². The standard InChI is InChI=1S/C18H11FN4S2/c19-14-5-2-1-4-11(14)10-25-18-13(9-21)16(15-6-3-7-24-15)12(8-20)17(22)23-18/h1-7H,10H2,(H2,22,23)/p+1. The average molecular weight is 367 g/mol. The molecule has 0 aliphatic rings. The highest BCUT2D eigenvalue weighted by atomic mass is 32.2. The van der Waals surface area contributed by atoms with Crippen LogP contribution >= 0.6 is 23.1 Å². The lowest BCUT2D eigenvalue weighted by atomic mass is 10.0. The summed E-state index contributed by atoms with van der Waals surface area (Å²) >= 11 is 2.71. The van der Waals surface area contributed by atoms with Gasteiger partial charge in [-0.25, -0.2) is 9.37 Å². The van der Waals surface area contributed by atoms with Gasteiger partial charge < -0.3 is 0 Å². The number of nitrogens with two attached hydrogens (primary N) is 1. The summed E-state index contributed by atoms with van der Waals surface area (Å²) in [4.78, 5) is 3.71. The Balaban J connectivity index is 2.08. The number of nitriles is 2. The Kier molecular flexibility index (Phi) is 4.99. The van der Waals surface area contributed by atoms with Crippen LogP contribution in [-0.4, -0.2) is 0 Å². The molecule has 1 aromatic carbocycles. The second-order valence-electron chi connectivity index (χ2n) is 5.07. The summed E-state index contributed by atoms with van der Waals surface area (Å²) in [6.45, 7) is 0. The number of hydrogen-bond donors (Lipinski definition) is 1. The van der Waals surface area contributed by atoms with Crippen LogP contribution in [0.3, 0.4) is 0 Å². The number of aromatic amines is 1. The maximum Gasteiger partial charge on any atom is 0.289 e. The zero-order valence-corrected chi connectivity index (χ0v) is 14.5. The number of thiophene rings is 1. The van der Waals surface area contributed by atoms with Crippen molar-refractivity contribution in [2.24, 2.45) is 0 Å². The van der Waals surface area contributed by atoms with Crippen molar-refractivity contribution in [2.45, 2.75) is 10.8 Å². The molecule has 7 heteroatoms. The molecule has 0 radical (unpaired) electrons. The van der Waals surface area contributed by atoms with E-state index in [4.69, 9.17) is 5.73 Å². The Morgan fingerprint density at radius 2 is 1.88 bits per heavy atom. The summed E-state index contributed by atoms with van der Waals surface area (Å²) in [6.07, 6.45) is 0. The number of nitrogens with zero attached hydrogens (tertiary/aromatic N) is 2. The van der Waals surface area contributed by atoms with E-state index in [2.05, 4.69) is 17.1 Å². The SMILES string of the molecule is N#Cc1c(N)[nH+]c(SCc2ccccc2F)c(C#N)c1-c1cccs1. The van der Waals surface area contributed by atoms with Crippen LogP contribution < -0.4 is 10.7 Å². The first-order valence-electron chi connectivity index (χ1n) is 7.24. The molecule has 2 aromatic heterocycles. The molecule has 3 N–H and O–H groups in total.